The van der Waals surface area contributed by atoms with E-state index >= 15 is 0 Å². The number of benzene rings is 12. The Morgan fingerprint density at radius 1 is 0.226 bits per heavy atom. The number of aliphatic imine (C=N–C) groups is 1. The van der Waals surface area contributed by atoms with Gasteiger partial charge in [-0.05, 0) is 138 Å². The predicted molar refractivity (Wildman–Crippen MR) is 352 cm³/mol. The van der Waals surface area contributed by atoms with E-state index in [0.717, 1.165) is 140 Å². The predicted octanol–water partition coefficient (Wildman–Crippen LogP) is 20.9. The van der Waals surface area contributed by atoms with E-state index in [2.05, 4.69) is 339 Å². The minimum absolute atomic E-state index is 0.434. The number of nitrogens with one attached hydrogen (secondary N) is 1. The summed E-state index contributed by atoms with van der Waals surface area (Å²) >= 11 is 0. The molecule has 0 amide bonds. The standard InChI is InChI=1S/C81H57N3/c1-9-27-56(28-10-1)68-49-69(57-29-11-2-12-30-57)52-72(51-68)75-55-74(82-81(83-75)73-53-70(58-31-13-3-14-32-58)50-71(54-73)59-33-15-4-16-34-59)66-45-25-43-64(47-66)65-44-26-46-67(48-65)76-77(60-35-17-5-18-36-60)79(62-39-21-7-22-40-62)84-80(63-41-23-8-24-42-63)78(76)61-37-19-6-20-38-61/h1-55,81-82H. The van der Waals surface area contributed by atoms with Crippen molar-refractivity contribution in [1.29, 1.82) is 0 Å². The van der Waals surface area contributed by atoms with Gasteiger partial charge in [0.05, 0.1) is 17.1 Å². The highest BCUT2D eigenvalue weighted by Gasteiger charge is 2.27. The minimum Gasteiger partial charge on any atom is -0.360 e. The molecule has 14 rings (SSSR count). The van der Waals surface area contributed by atoms with Gasteiger partial charge in [0.1, 0.15) is 6.17 Å². The third-order valence-corrected chi connectivity index (χ3v) is 15.8. The lowest BCUT2D eigenvalue weighted by molar-refractivity contribution is 0.664. The van der Waals surface area contributed by atoms with Crippen molar-refractivity contribution in [2.45, 2.75) is 6.17 Å². The van der Waals surface area contributed by atoms with E-state index < -0.39 is 6.17 Å². The zero-order chi connectivity index (χ0) is 56.0. The van der Waals surface area contributed by atoms with E-state index in [1.807, 2.05) is 0 Å². The lowest BCUT2D eigenvalue weighted by Gasteiger charge is -2.26. The van der Waals surface area contributed by atoms with Gasteiger partial charge in [-0.2, -0.15) is 0 Å². The maximum Gasteiger partial charge on any atom is 0.145 e. The number of allylic oxidation sites excluding steroid dienone is 1. The highest BCUT2D eigenvalue weighted by molar-refractivity contribution is 6.14. The van der Waals surface area contributed by atoms with Crippen molar-refractivity contribution in [3.05, 3.63) is 350 Å². The van der Waals surface area contributed by atoms with E-state index in [4.69, 9.17) is 9.98 Å². The summed E-state index contributed by atoms with van der Waals surface area (Å²) in [6.07, 6.45) is 1.81. The molecular weight excluding hydrogens is 1010 g/mol. The maximum absolute atomic E-state index is 5.71. The van der Waals surface area contributed by atoms with Gasteiger partial charge >= 0.3 is 0 Å². The molecule has 0 aliphatic carbocycles. The zero-order valence-corrected chi connectivity index (χ0v) is 46.2. The van der Waals surface area contributed by atoms with Gasteiger partial charge in [-0.25, -0.2) is 4.98 Å². The summed E-state index contributed by atoms with van der Waals surface area (Å²) in [5, 5.41) is 4.01. The van der Waals surface area contributed by atoms with Crippen LogP contribution in [0.2, 0.25) is 0 Å². The van der Waals surface area contributed by atoms with Gasteiger partial charge < -0.3 is 5.32 Å². The van der Waals surface area contributed by atoms with E-state index in [-0.39, 0.29) is 0 Å². The van der Waals surface area contributed by atoms with Crippen molar-refractivity contribution < 1.29 is 0 Å². The van der Waals surface area contributed by atoms with Crippen molar-refractivity contribution in [3.8, 4) is 112 Å². The second kappa shape index (κ2) is 23.2. The van der Waals surface area contributed by atoms with Gasteiger partial charge in [0, 0.05) is 39.1 Å². The van der Waals surface area contributed by atoms with E-state index in [9.17, 15) is 0 Å². The molecule has 12 aromatic carbocycles. The molecule has 2 heterocycles. The topological polar surface area (TPSA) is 37.3 Å². The number of hydrogen-bond acceptors (Lipinski definition) is 3. The molecule has 0 fully saturated rings. The van der Waals surface area contributed by atoms with Crippen molar-refractivity contribution in [1.82, 2.24) is 10.3 Å². The summed E-state index contributed by atoms with van der Waals surface area (Å²) in [5.41, 5.74) is 26.9. The van der Waals surface area contributed by atoms with Crippen LogP contribution in [0.25, 0.3) is 117 Å². The molecule has 3 nitrogen and oxygen atoms in total. The Morgan fingerprint density at radius 2 is 0.524 bits per heavy atom. The summed E-state index contributed by atoms with van der Waals surface area (Å²) in [7, 11) is 0. The van der Waals surface area contributed by atoms with Crippen LogP contribution in [-0.2, 0) is 0 Å². The largest absolute Gasteiger partial charge is 0.360 e. The first kappa shape index (κ1) is 51.2. The molecule has 0 bridgehead atoms. The first-order valence-electron chi connectivity index (χ1n) is 28.7. The number of nitrogens with zero attached hydrogens (tertiary/aromatic N) is 2. The van der Waals surface area contributed by atoms with Crippen molar-refractivity contribution in [2.75, 3.05) is 0 Å². The SMILES string of the molecule is C1=C(c2cccc(-c3cccc(-c4c(-c5ccccc5)c(-c5ccccc5)nc(-c5ccccc5)c4-c4ccccc4)c3)c2)NC(c2cc(-c3ccccc3)cc(-c3ccccc3)c2)N=C1c1cc(-c2ccccc2)cc(-c2ccccc2)c1. The smallest absolute Gasteiger partial charge is 0.145 e. The Morgan fingerprint density at radius 3 is 0.929 bits per heavy atom. The van der Waals surface area contributed by atoms with Crippen LogP contribution in [-0.4, -0.2) is 10.7 Å². The second-order valence-electron chi connectivity index (χ2n) is 21.3. The number of pyridine rings is 1. The molecule has 1 atom stereocenters. The molecule has 0 saturated heterocycles. The Kier molecular flexibility index (Phi) is 14.1. The van der Waals surface area contributed by atoms with Gasteiger partial charge in [-0.3, -0.25) is 4.99 Å². The first-order valence-corrected chi connectivity index (χ1v) is 28.7. The zero-order valence-electron chi connectivity index (χ0n) is 46.2. The number of rotatable bonds is 13. The fraction of sp³-hybridized carbons (Fsp3) is 0.0123. The summed E-state index contributed by atoms with van der Waals surface area (Å²) in [4.78, 5) is 11.4. The van der Waals surface area contributed by atoms with Crippen LogP contribution < -0.4 is 5.32 Å². The Bertz CT molecular complexity index is 4290. The average Bonchev–Trinajstić information content (AvgIpc) is 1.88. The van der Waals surface area contributed by atoms with E-state index in [1.165, 1.54) is 0 Å². The van der Waals surface area contributed by atoms with Crippen LogP contribution in [0.1, 0.15) is 22.9 Å². The second-order valence-corrected chi connectivity index (χ2v) is 21.3. The van der Waals surface area contributed by atoms with Gasteiger partial charge in [-0.1, -0.05) is 279 Å². The molecule has 84 heavy (non-hydrogen) atoms. The molecule has 1 aliphatic rings. The summed E-state index contributed by atoms with van der Waals surface area (Å²) in [6.45, 7) is 0. The molecule has 0 spiro atoms. The molecule has 0 saturated carbocycles. The fourth-order valence-corrected chi connectivity index (χ4v) is 11.8. The van der Waals surface area contributed by atoms with Crippen LogP contribution in [0.15, 0.2) is 339 Å². The lowest BCUT2D eigenvalue weighted by atomic mass is 9.82. The Hall–Kier alpha value is -11.0. The molecular formula is C81H57N3. The third-order valence-electron chi connectivity index (χ3n) is 15.8. The molecule has 0 radical (unpaired) electrons. The van der Waals surface area contributed by atoms with Crippen LogP contribution in [0, 0.1) is 0 Å². The highest BCUT2D eigenvalue weighted by Crippen LogP contribution is 2.49. The van der Waals surface area contributed by atoms with Gasteiger partial charge in [0.2, 0.25) is 0 Å². The Balaban J connectivity index is 0.951. The summed E-state index contributed by atoms with van der Waals surface area (Å²) in [6, 6.07) is 117. The van der Waals surface area contributed by atoms with Gasteiger partial charge in [0.15, 0.2) is 0 Å². The van der Waals surface area contributed by atoms with Crippen LogP contribution in [0.3, 0.4) is 0 Å². The van der Waals surface area contributed by atoms with Crippen LogP contribution in [0.4, 0.5) is 0 Å². The fourth-order valence-electron chi connectivity index (χ4n) is 11.8. The molecule has 1 unspecified atom stereocenters. The maximum atomic E-state index is 5.71. The molecule has 13 aromatic rings. The number of aromatic nitrogens is 1. The van der Waals surface area contributed by atoms with E-state index in [1.54, 1.807) is 0 Å². The molecule has 1 aliphatic heterocycles. The van der Waals surface area contributed by atoms with Crippen molar-refractivity contribution in [3.63, 3.8) is 0 Å². The van der Waals surface area contributed by atoms with Gasteiger partial charge in [-0.15, -0.1) is 0 Å². The van der Waals surface area contributed by atoms with Gasteiger partial charge in [0.25, 0.3) is 0 Å². The third kappa shape index (κ3) is 10.6. The summed E-state index contributed by atoms with van der Waals surface area (Å²) in [5.74, 6) is 0. The summed E-state index contributed by atoms with van der Waals surface area (Å²) < 4.78 is 0. The molecule has 3 heteroatoms. The molecule has 1 N–H and O–H groups in total. The van der Waals surface area contributed by atoms with Crippen molar-refractivity contribution >= 4 is 11.4 Å². The first-order chi connectivity index (χ1) is 41.6. The van der Waals surface area contributed by atoms with Crippen LogP contribution >= 0.6 is 0 Å². The monoisotopic (exact) mass is 1070 g/mol. The highest BCUT2D eigenvalue weighted by atomic mass is 15.1. The molecule has 396 valence electrons. The van der Waals surface area contributed by atoms with Crippen LogP contribution in [0.5, 0.6) is 0 Å². The van der Waals surface area contributed by atoms with E-state index in [0.29, 0.717) is 0 Å². The number of hydrogen-bond donors (Lipinski definition) is 1. The van der Waals surface area contributed by atoms with Crippen molar-refractivity contribution in [2.24, 2.45) is 4.99 Å². The quantitative estimate of drug-likeness (QED) is 0.125. The lowest BCUT2D eigenvalue weighted by Crippen LogP contribution is -2.25. The minimum atomic E-state index is -0.434. The normalized spacial score (nSPS) is 12.9. The Labute approximate surface area is 492 Å². The average molecular weight is 1070 g/mol. The molecule has 1 aromatic heterocycles.